The van der Waals surface area contributed by atoms with E-state index >= 15 is 4.39 Å². The topological polar surface area (TPSA) is 85.2 Å². The third-order valence-corrected chi connectivity index (χ3v) is 7.27. The minimum atomic E-state index is -0.311. The van der Waals surface area contributed by atoms with Crippen molar-refractivity contribution in [2.24, 2.45) is 0 Å². The van der Waals surface area contributed by atoms with E-state index in [-0.39, 0.29) is 24.4 Å². The van der Waals surface area contributed by atoms with Gasteiger partial charge in [0.25, 0.3) is 0 Å². The molecule has 1 unspecified atom stereocenters. The summed E-state index contributed by atoms with van der Waals surface area (Å²) in [5, 5.41) is 9.35. The SMILES string of the molecule is Cc1cc(C2CCCCO2)ncc1-c1cc2cc(Nc3cc4n(n3)CC(=O)N(C)CC4)ncc2cc1F. The zero-order valence-corrected chi connectivity index (χ0v) is 21.0. The molecule has 9 heteroatoms. The highest BCUT2D eigenvalue weighted by molar-refractivity contribution is 5.89. The molecule has 1 atom stereocenters. The van der Waals surface area contributed by atoms with Crippen LogP contribution in [0.2, 0.25) is 0 Å². The largest absolute Gasteiger partial charge is 0.372 e. The van der Waals surface area contributed by atoms with Gasteiger partial charge < -0.3 is 15.0 Å². The number of ether oxygens (including phenoxy) is 1. The number of hydrogen-bond acceptors (Lipinski definition) is 6. The Labute approximate surface area is 214 Å². The fourth-order valence-electron chi connectivity index (χ4n) is 5.09. The van der Waals surface area contributed by atoms with Gasteiger partial charge in [0.05, 0.1) is 11.8 Å². The number of nitrogens with zero attached hydrogens (tertiary/aromatic N) is 5. The zero-order chi connectivity index (χ0) is 25.5. The van der Waals surface area contributed by atoms with Crippen LogP contribution in [0, 0.1) is 12.7 Å². The van der Waals surface area contributed by atoms with E-state index < -0.39 is 0 Å². The predicted octanol–water partition coefficient (Wildman–Crippen LogP) is 4.94. The number of halogens is 1. The average molecular weight is 501 g/mol. The van der Waals surface area contributed by atoms with Crippen molar-refractivity contribution in [3.8, 4) is 11.1 Å². The number of hydrogen-bond donors (Lipinski definition) is 1. The smallest absolute Gasteiger partial charge is 0.244 e. The fraction of sp³-hybridized carbons (Fsp3) is 0.357. The fourth-order valence-corrected chi connectivity index (χ4v) is 5.09. The highest BCUT2D eigenvalue weighted by atomic mass is 19.1. The summed E-state index contributed by atoms with van der Waals surface area (Å²) in [6, 6.07) is 9.20. The number of anilines is 2. The highest BCUT2D eigenvalue weighted by Gasteiger charge is 2.21. The number of aromatic nitrogens is 4. The number of amides is 1. The molecule has 1 fully saturated rings. The van der Waals surface area contributed by atoms with E-state index in [1.165, 1.54) is 6.07 Å². The summed E-state index contributed by atoms with van der Waals surface area (Å²) in [6.07, 6.45) is 7.34. The van der Waals surface area contributed by atoms with Crippen LogP contribution in [0.25, 0.3) is 21.9 Å². The molecule has 0 bridgehead atoms. The Hall–Kier alpha value is -3.85. The van der Waals surface area contributed by atoms with Crippen LogP contribution in [0.15, 0.2) is 42.7 Å². The van der Waals surface area contributed by atoms with E-state index in [0.717, 1.165) is 60.2 Å². The minimum Gasteiger partial charge on any atom is -0.372 e. The maximum atomic E-state index is 15.2. The first kappa shape index (κ1) is 23.5. The maximum Gasteiger partial charge on any atom is 0.244 e. The lowest BCUT2D eigenvalue weighted by Crippen LogP contribution is -2.29. The number of nitrogens with one attached hydrogen (secondary N) is 1. The van der Waals surface area contributed by atoms with E-state index in [0.29, 0.717) is 29.1 Å². The van der Waals surface area contributed by atoms with E-state index in [1.807, 2.05) is 31.2 Å². The third-order valence-electron chi connectivity index (χ3n) is 7.27. The molecule has 1 saturated heterocycles. The number of pyridine rings is 2. The average Bonchev–Trinajstić information content (AvgIpc) is 3.22. The molecule has 0 saturated carbocycles. The molecule has 0 radical (unpaired) electrons. The Morgan fingerprint density at radius 2 is 1.92 bits per heavy atom. The first-order valence-corrected chi connectivity index (χ1v) is 12.7. The van der Waals surface area contributed by atoms with Gasteiger partial charge in [-0.05, 0) is 61.4 Å². The van der Waals surface area contributed by atoms with Gasteiger partial charge in [0.1, 0.15) is 18.2 Å². The second-order valence-corrected chi connectivity index (χ2v) is 9.90. The van der Waals surface area contributed by atoms with Crippen molar-refractivity contribution in [3.63, 3.8) is 0 Å². The molecule has 8 nitrogen and oxygen atoms in total. The van der Waals surface area contributed by atoms with Gasteiger partial charge in [0.15, 0.2) is 5.82 Å². The summed E-state index contributed by atoms with van der Waals surface area (Å²) in [7, 11) is 1.81. The number of aryl methyl sites for hydroxylation is 1. The van der Waals surface area contributed by atoms with Crippen LogP contribution in [-0.4, -0.2) is 50.8 Å². The molecule has 6 rings (SSSR count). The number of fused-ring (bicyclic) bond motifs is 2. The maximum absolute atomic E-state index is 15.2. The van der Waals surface area contributed by atoms with Gasteiger partial charge in [-0.15, -0.1) is 0 Å². The molecule has 190 valence electrons. The molecule has 0 aliphatic carbocycles. The van der Waals surface area contributed by atoms with Gasteiger partial charge in [0.2, 0.25) is 5.91 Å². The molecule has 2 aliphatic heterocycles. The van der Waals surface area contributed by atoms with E-state index in [9.17, 15) is 4.79 Å². The van der Waals surface area contributed by atoms with Crippen LogP contribution >= 0.6 is 0 Å². The summed E-state index contributed by atoms with van der Waals surface area (Å²) in [5.74, 6) is 0.952. The molecule has 5 heterocycles. The van der Waals surface area contributed by atoms with E-state index in [1.54, 1.807) is 29.0 Å². The lowest BCUT2D eigenvalue weighted by atomic mass is 9.97. The summed E-state index contributed by atoms with van der Waals surface area (Å²) in [6.45, 7) is 3.63. The van der Waals surface area contributed by atoms with Crippen molar-refractivity contribution in [3.05, 3.63) is 65.5 Å². The van der Waals surface area contributed by atoms with Crippen LogP contribution in [0.1, 0.15) is 42.3 Å². The van der Waals surface area contributed by atoms with Gasteiger partial charge in [-0.3, -0.25) is 14.5 Å². The summed E-state index contributed by atoms with van der Waals surface area (Å²) >= 11 is 0. The Balaban J connectivity index is 1.28. The third kappa shape index (κ3) is 4.67. The second kappa shape index (κ2) is 9.55. The lowest BCUT2D eigenvalue weighted by Gasteiger charge is -2.22. The second-order valence-electron chi connectivity index (χ2n) is 9.90. The molecular formula is C28H29FN6O2. The number of carbonyl (C=O) groups excluding carboxylic acids is 1. The van der Waals surface area contributed by atoms with Crippen molar-refractivity contribution in [2.75, 3.05) is 25.5 Å². The standard InChI is InChI=1S/C28H29FN6O2/c1-17-9-24(25-5-3-4-8-37-25)30-15-22(17)21-10-18-12-26(31-14-19(18)11-23(21)29)32-27-13-20-6-7-34(2)28(36)16-35(20)33-27/h9-15,25H,3-8,16H2,1-2H3,(H,31,32,33). The Bertz CT molecular complexity index is 1490. The molecule has 1 aromatic carbocycles. The van der Waals surface area contributed by atoms with E-state index in [2.05, 4.69) is 20.4 Å². The zero-order valence-electron chi connectivity index (χ0n) is 21.0. The number of likely N-dealkylation sites (N-methyl/N-ethyl adjacent to an activating group) is 1. The quantitative estimate of drug-likeness (QED) is 0.427. The Morgan fingerprint density at radius 1 is 1.03 bits per heavy atom. The molecule has 37 heavy (non-hydrogen) atoms. The summed E-state index contributed by atoms with van der Waals surface area (Å²) < 4.78 is 22.8. The molecule has 1 N–H and O–H groups in total. The van der Waals surface area contributed by atoms with Crippen LogP contribution < -0.4 is 5.32 Å². The molecule has 1 amide bonds. The van der Waals surface area contributed by atoms with Gasteiger partial charge in [-0.25, -0.2) is 9.37 Å². The first-order valence-electron chi connectivity index (χ1n) is 12.7. The minimum absolute atomic E-state index is 0.0136. The predicted molar refractivity (Wildman–Crippen MR) is 139 cm³/mol. The molecule has 4 aromatic rings. The number of carbonyl (C=O) groups is 1. The normalized spacial score (nSPS) is 18.1. The number of benzene rings is 1. The Morgan fingerprint density at radius 3 is 2.73 bits per heavy atom. The van der Waals surface area contributed by atoms with Gasteiger partial charge >= 0.3 is 0 Å². The monoisotopic (exact) mass is 500 g/mol. The van der Waals surface area contributed by atoms with Crippen molar-refractivity contribution in [1.29, 1.82) is 0 Å². The van der Waals surface area contributed by atoms with Crippen LogP contribution in [-0.2, 0) is 22.5 Å². The van der Waals surface area contributed by atoms with Crippen molar-refractivity contribution < 1.29 is 13.9 Å². The molecule has 2 aliphatic rings. The lowest BCUT2D eigenvalue weighted by molar-refractivity contribution is -0.130. The van der Waals surface area contributed by atoms with Crippen molar-refractivity contribution >= 4 is 28.3 Å². The number of rotatable bonds is 4. The van der Waals surface area contributed by atoms with Gasteiger partial charge in [-0.2, -0.15) is 5.10 Å². The van der Waals surface area contributed by atoms with Crippen LogP contribution in [0.5, 0.6) is 0 Å². The highest BCUT2D eigenvalue weighted by Crippen LogP contribution is 2.33. The summed E-state index contributed by atoms with van der Waals surface area (Å²) in [4.78, 5) is 23.0. The molecule has 3 aromatic heterocycles. The van der Waals surface area contributed by atoms with Crippen LogP contribution in [0.3, 0.4) is 0 Å². The van der Waals surface area contributed by atoms with Crippen LogP contribution in [0.4, 0.5) is 16.0 Å². The van der Waals surface area contributed by atoms with Gasteiger partial charge in [0, 0.05) is 67.3 Å². The molecular weight excluding hydrogens is 471 g/mol. The first-order chi connectivity index (χ1) is 17.9. The Kier molecular flexibility index (Phi) is 6.08. The van der Waals surface area contributed by atoms with Crippen molar-refractivity contribution in [1.82, 2.24) is 24.6 Å². The molecule has 0 spiro atoms. The summed E-state index contributed by atoms with van der Waals surface area (Å²) in [5.41, 5.74) is 4.13. The van der Waals surface area contributed by atoms with Crippen molar-refractivity contribution in [2.45, 2.75) is 45.3 Å². The van der Waals surface area contributed by atoms with E-state index in [4.69, 9.17) is 4.74 Å². The van der Waals surface area contributed by atoms with Gasteiger partial charge in [-0.1, -0.05) is 0 Å².